The van der Waals surface area contributed by atoms with Crippen LogP contribution in [0.15, 0.2) is 51.8 Å². The number of hydrogen-bond acceptors (Lipinski definition) is 8. The van der Waals surface area contributed by atoms with Crippen LogP contribution in [0, 0.1) is 0 Å². The van der Waals surface area contributed by atoms with E-state index in [1.807, 2.05) is 18.2 Å². The third-order valence-electron chi connectivity index (χ3n) is 4.87. The fourth-order valence-electron chi connectivity index (χ4n) is 3.26. The van der Waals surface area contributed by atoms with Crippen LogP contribution in [-0.4, -0.2) is 53.8 Å². The molecule has 190 valence electrons. The van der Waals surface area contributed by atoms with Crippen LogP contribution in [0.4, 0.5) is 10.5 Å². The number of amides is 3. The Morgan fingerprint density at radius 1 is 1.11 bits per heavy atom. The van der Waals surface area contributed by atoms with E-state index in [0.717, 1.165) is 16.7 Å². The summed E-state index contributed by atoms with van der Waals surface area (Å²) in [5.41, 5.74) is 1.21. The van der Waals surface area contributed by atoms with E-state index in [2.05, 4.69) is 21.2 Å². The molecule has 1 N–H and O–H groups in total. The maximum Gasteiger partial charge on any atom is 0.329 e. The number of thioether (sulfide) groups is 1. The Bertz CT molecular complexity index is 1190. The number of nitrogens with one attached hydrogen (secondary N) is 1. The fourth-order valence-corrected chi connectivity index (χ4v) is 4.75. The number of halogens is 1. The first-order chi connectivity index (χ1) is 17.2. The molecule has 3 amide bonds. The molecule has 0 saturated carbocycles. The molecule has 36 heavy (non-hydrogen) atoms. The van der Waals surface area contributed by atoms with E-state index in [-0.39, 0.29) is 24.0 Å². The number of carbonyl (C=O) groups is 4. The SMILES string of the molecule is CCOC(=O)[C@@H](C)N1C(=O)S/C(=C/c2cc(Br)c(OCC(=O)Nc3ccccc3)c(OCC)c2)C1=O. The second kappa shape index (κ2) is 12.6. The fraction of sp³-hybridized carbons (Fsp3) is 0.280. The van der Waals surface area contributed by atoms with E-state index in [9.17, 15) is 19.2 Å². The van der Waals surface area contributed by atoms with Crippen molar-refractivity contribution in [2.24, 2.45) is 0 Å². The lowest BCUT2D eigenvalue weighted by molar-refractivity contribution is -0.150. The summed E-state index contributed by atoms with van der Waals surface area (Å²) in [5, 5.41) is 2.19. The highest BCUT2D eigenvalue weighted by molar-refractivity contribution is 9.10. The summed E-state index contributed by atoms with van der Waals surface area (Å²) in [6.07, 6.45) is 1.53. The molecule has 0 radical (unpaired) electrons. The summed E-state index contributed by atoms with van der Waals surface area (Å²) in [7, 11) is 0. The third-order valence-corrected chi connectivity index (χ3v) is 6.35. The van der Waals surface area contributed by atoms with Gasteiger partial charge in [0.15, 0.2) is 18.1 Å². The molecule has 3 rings (SSSR count). The van der Waals surface area contributed by atoms with Gasteiger partial charge >= 0.3 is 5.97 Å². The molecule has 2 aromatic rings. The molecule has 1 atom stereocenters. The summed E-state index contributed by atoms with van der Waals surface area (Å²) in [6.45, 7) is 5.12. The predicted octanol–water partition coefficient (Wildman–Crippen LogP) is 4.85. The first-order valence-corrected chi connectivity index (χ1v) is 12.7. The first-order valence-electron chi connectivity index (χ1n) is 11.1. The van der Waals surface area contributed by atoms with Gasteiger partial charge in [0.1, 0.15) is 6.04 Å². The quantitative estimate of drug-likeness (QED) is 0.315. The smallest absolute Gasteiger partial charge is 0.329 e. The molecule has 1 aliphatic rings. The number of esters is 1. The molecule has 11 heteroatoms. The lowest BCUT2D eigenvalue weighted by atomic mass is 10.1. The number of anilines is 1. The minimum absolute atomic E-state index is 0.145. The molecule has 0 bridgehead atoms. The Morgan fingerprint density at radius 3 is 2.50 bits per heavy atom. The van der Waals surface area contributed by atoms with Crippen molar-refractivity contribution in [1.29, 1.82) is 0 Å². The number of rotatable bonds is 10. The maximum absolute atomic E-state index is 12.9. The molecule has 1 fully saturated rings. The summed E-state index contributed by atoms with van der Waals surface area (Å²) < 4.78 is 16.8. The minimum atomic E-state index is -1.04. The van der Waals surface area contributed by atoms with Gasteiger partial charge in [0.2, 0.25) is 0 Å². The van der Waals surface area contributed by atoms with E-state index >= 15 is 0 Å². The zero-order chi connectivity index (χ0) is 26.2. The van der Waals surface area contributed by atoms with Crippen molar-refractivity contribution in [1.82, 2.24) is 4.90 Å². The Labute approximate surface area is 221 Å². The number of ether oxygens (including phenoxy) is 3. The highest BCUT2D eigenvalue weighted by atomic mass is 79.9. The molecule has 0 aromatic heterocycles. The third kappa shape index (κ3) is 6.67. The summed E-state index contributed by atoms with van der Waals surface area (Å²) in [6, 6.07) is 11.3. The molecule has 0 aliphatic carbocycles. The van der Waals surface area contributed by atoms with Crippen LogP contribution in [-0.2, 0) is 19.1 Å². The molecule has 0 spiro atoms. The molecule has 1 aliphatic heterocycles. The number of hydrogen-bond donors (Lipinski definition) is 1. The first kappa shape index (κ1) is 27.3. The number of carbonyl (C=O) groups excluding carboxylic acids is 4. The Morgan fingerprint density at radius 2 is 1.83 bits per heavy atom. The van der Waals surface area contributed by atoms with E-state index in [1.165, 1.54) is 13.0 Å². The van der Waals surface area contributed by atoms with Gasteiger partial charge in [0, 0.05) is 5.69 Å². The molecule has 2 aromatic carbocycles. The van der Waals surface area contributed by atoms with Crippen molar-refractivity contribution in [2.75, 3.05) is 25.1 Å². The lowest BCUT2D eigenvalue weighted by Gasteiger charge is -2.19. The molecular formula is C25H25BrN2O7S. The van der Waals surface area contributed by atoms with Crippen molar-refractivity contribution in [3.05, 3.63) is 57.4 Å². The van der Waals surface area contributed by atoms with E-state index in [0.29, 0.717) is 33.8 Å². The van der Waals surface area contributed by atoms with Gasteiger partial charge in [0.05, 0.1) is 22.6 Å². The second-order valence-corrected chi connectivity index (χ2v) is 9.29. The van der Waals surface area contributed by atoms with Crippen LogP contribution in [0.25, 0.3) is 6.08 Å². The van der Waals surface area contributed by atoms with Crippen LogP contribution in [0.5, 0.6) is 11.5 Å². The zero-order valence-electron chi connectivity index (χ0n) is 19.9. The van der Waals surface area contributed by atoms with Crippen molar-refractivity contribution in [3.63, 3.8) is 0 Å². The maximum atomic E-state index is 12.9. The molecular weight excluding hydrogens is 552 g/mol. The van der Waals surface area contributed by atoms with Crippen LogP contribution >= 0.6 is 27.7 Å². The number of imide groups is 1. The van der Waals surface area contributed by atoms with Gasteiger partial charge in [-0.15, -0.1) is 0 Å². The zero-order valence-corrected chi connectivity index (χ0v) is 22.3. The monoisotopic (exact) mass is 576 g/mol. The van der Waals surface area contributed by atoms with E-state index in [4.69, 9.17) is 14.2 Å². The highest BCUT2D eigenvalue weighted by Crippen LogP contribution is 2.39. The van der Waals surface area contributed by atoms with Crippen molar-refractivity contribution in [2.45, 2.75) is 26.8 Å². The highest BCUT2D eigenvalue weighted by Gasteiger charge is 2.41. The van der Waals surface area contributed by atoms with Crippen molar-refractivity contribution < 1.29 is 33.4 Å². The topological polar surface area (TPSA) is 111 Å². The van der Waals surface area contributed by atoms with E-state index in [1.54, 1.807) is 38.1 Å². The van der Waals surface area contributed by atoms with Gasteiger partial charge < -0.3 is 19.5 Å². The van der Waals surface area contributed by atoms with Gasteiger partial charge in [0.25, 0.3) is 17.1 Å². The van der Waals surface area contributed by atoms with Crippen LogP contribution < -0.4 is 14.8 Å². The van der Waals surface area contributed by atoms with Gasteiger partial charge in [-0.3, -0.25) is 19.3 Å². The lowest BCUT2D eigenvalue weighted by Crippen LogP contribution is -2.42. The largest absolute Gasteiger partial charge is 0.490 e. The van der Waals surface area contributed by atoms with Gasteiger partial charge in [-0.2, -0.15) is 0 Å². The number of nitrogens with zero attached hydrogens (tertiary/aromatic N) is 1. The van der Waals surface area contributed by atoms with Crippen molar-refractivity contribution in [3.8, 4) is 11.5 Å². The molecule has 1 saturated heterocycles. The second-order valence-electron chi connectivity index (χ2n) is 7.45. The summed E-state index contributed by atoms with van der Waals surface area (Å²) in [5.74, 6) is -0.909. The van der Waals surface area contributed by atoms with Gasteiger partial charge in [-0.1, -0.05) is 18.2 Å². The summed E-state index contributed by atoms with van der Waals surface area (Å²) >= 11 is 4.17. The van der Waals surface area contributed by atoms with Crippen LogP contribution in [0.3, 0.4) is 0 Å². The van der Waals surface area contributed by atoms with Crippen LogP contribution in [0.1, 0.15) is 26.3 Å². The number of benzene rings is 2. The van der Waals surface area contributed by atoms with Crippen molar-refractivity contribution >= 4 is 62.5 Å². The minimum Gasteiger partial charge on any atom is -0.490 e. The molecule has 9 nitrogen and oxygen atoms in total. The van der Waals surface area contributed by atoms with E-state index < -0.39 is 23.2 Å². The molecule has 0 unspecified atom stereocenters. The Kier molecular flexibility index (Phi) is 9.54. The predicted molar refractivity (Wildman–Crippen MR) is 140 cm³/mol. The Hall–Kier alpha value is -3.31. The van der Waals surface area contributed by atoms with Gasteiger partial charge in [-0.05, 0) is 84.4 Å². The average molecular weight is 577 g/mol. The molecule has 1 heterocycles. The number of para-hydroxylation sites is 1. The van der Waals surface area contributed by atoms with Crippen LogP contribution in [0.2, 0.25) is 0 Å². The normalized spacial score (nSPS) is 15.1. The van der Waals surface area contributed by atoms with Gasteiger partial charge in [-0.25, -0.2) is 4.79 Å². The average Bonchev–Trinajstić information content (AvgIpc) is 3.11. The summed E-state index contributed by atoms with van der Waals surface area (Å²) in [4.78, 5) is 50.7. The Balaban J connectivity index is 1.78. The standard InChI is InChI=1S/C25H25BrN2O7S/c1-4-33-19-12-16(13-20-23(30)28(25(32)36-20)15(3)24(31)34-5-2)11-18(26)22(19)35-14-21(29)27-17-9-7-6-8-10-17/h6-13,15H,4-5,14H2,1-3H3,(H,27,29)/b20-13+/t15-/m1/s1.